The number of nitrogens with zero attached hydrogens (tertiary/aromatic N) is 4. The first-order valence-corrected chi connectivity index (χ1v) is 6.48. The standard InChI is InChI=1S/C13H16ClN5/c1-8(2)12-18-11(14)9(3)13(19-12)16-6-10-4-5-15-7-17-10/h4-5,7-8H,6H2,1-3H3,(H,16,18,19). The summed E-state index contributed by atoms with van der Waals surface area (Å²) >= 11 is 6.13. The van der Waals surface area contributed by atoms with Crippen LogP contribution in [0.5, 0.6) is 0 Å². The Morgan fingerprint density at radius 3 is 2.74 bits per heavy atom. The zero-order valence-corrected chi connectivity index (χ0v) is 11.9. The van der Waals surface area contributed by atoms with Crippen LogP contribution < -0.4 is 5.32 Å². The van der Waals surface area contributed by atoms with E-state index in [2.05, 4.69) is 25.3 Å². The molecule has 6 heteroatoms. The fraction of sp³-hybridized carbons (Fsp3) is 0.385. The first kappa shape index (κ1) is 13.7. The largest absolute Gasteiger partial charge is 0.364 e. The Morgan fingerprint density at radius 1 is 1.32 bits per heavy atom. The van der Waals surface area contributed by atoms with Gasteiger partial charge in [-0.25, -0.2) is 19.9 Å². The number of aromatic nitrogens is 4. The number of nitrogens with one attached hydrogen (secondary N) is 1. The van der Waals surface area contributed by atoms with E-state index in [4.69, 9.17) is 11.6 Å². The Balaban J connectivity index is 2.20. The van der Waals surface area contributed by atoms with E-state index in [-0.39, 0.29) is 5.92 Å². The number of hydrogen-bond acceptors (Lipinski definition) is 5. The van der Waals surface area contributed by atoms with Gasteiger partial charge in [-0.3, -0.25) is 0 Å². The van der Waals surface area contributed by atoms with Crippen LogP contribution in [0.15, 0.2) is 18.6 Å². The highest BCUT2D eigenvalue weighted by Crippen LogP contribution is 2.23. The molecule has 0 aromatic carbocycles. The molecule has 0 atom stereocenters. The summed E-state index contributed by atoms with van der Waals surface area (Å²) in [5.41, 5.74) is 1.75. The van der Waals surface area contributed by atoms with Crippen LogP contribution in [0.4, 0.5) is 5.82 Å². The molecular weight excluding hydrogens is 262 g/mol. The molecule has 0 saturated heterocycles. The molecule has 0 fully saturated rings. The third-order valence-electron chi connectivity index (χ3n) is 2.70. The van der Waals surface area contributed by atoms with E-state index >= 15 is 0 Å². The van der Waals surface area contributed by atoms with Gasteiger partial charge >= 0.3 is 0 Å². The maximum atomic E-state index is 6.13. The molecule has 0 spiro atoms. The van der Waals surface area contributed by atoms with Gasteiger partial charge < -0.3 is 5.32 Å². The van der Waals surface area contributed by atoms with Gasteiger partial charge in [0.25, 0.3) is 0 Å². The fourth-order valence-corrected chi connectivity index (χ4v) is 1.71. The van der Waals surface area contributed by atoms with Crippen LogP contribution in [0, 0.1) is 6.92 Å². The molecule has 0 bridgehead atoms. The van der Waals surface area contributed by atoms with E-state index in [1.807, 2.05) is 26.8 Å². The van der Waals surface area contributed by atoms with Crippen LogP contribution in [0.2, 0.25) is 5.15 Å². The Kier molecular flexibility index (Phi) is 4.27. The highest BCUT2D eigenvalue weighted by Gasteiger charge is 2.11. The lowest BCUT2D eigenvalue weighted by Crippen LogP contribution is -2.09. The summed E-state index contributed by atoms with van der Waals surface area (Å²) in [4.78, 5) is 16.8. The van der Waals surface area contributed by atoms with Crippen molar-refractivity contribution in [3.8, 4) is 0 Å². The van der Waals surface area contributed by atoms with Crippen LogP contribution >= 0.6 is 11.6 Å². The van der Waals surface area contributed by atoms with Crippen molar-refractivity contribution in [2.75, 3.05) is 5.32 Å². The minimum atomic E-state index is 0.234. The van der Waals surface area contributed by atoms with Crippen LogP contribution in [0.3, 0.4) is 0 Å². The highest BCUT2D eigenvalue weighted by molar-refractivity contribution is 6.30. The first-order valence-electron chi connectivity index (χ1n) is 6.10. The Hall–Kier alpha value is -1.75. The predicted octanol–water partition coefficient (Wildman–Crippen LogP) is 2.96. The summed E-state index contributed by atoms with van der Waals surface area (Å²) in [7, 11) is 0. The minimum Gasteiger partial charge on any atom is -0.364 e. The van der Waals surface area contributed by atoms with E-state index in [0.717, 1.165) is 22.9 Å². The summed E-state index contributed by atoms with van der Waals surface area (Å²) in [6.45, 7) is 6.55. The normalized spacial score (nSPS) is 10.8. The van der Waals surface area contributed by atoms with Crippen molar-refractivity contribution in [3.05, 3.63) is 40.8 Å². The van der Waals surface area contributed by atoms with E-state index in [9.17, 15) is 0 Å². The van der Waals surface area contributed by atoms with Gasteiger partial charge in [0.2, 0.25) is 0 Å². The zero-order valence-electron chi connectivity index (χ0n) is 11.2. The van der Waals surface area contributed by atoms with E-state index < -0.39 is 0 Å². The monoisotopic (exact) mass is 277 g/mol. The Bertz CT molecular complexity index is 556. The van der Waals surface area contributed by atoms with Crippen molar-refractivity contribution in [1.29, 1.82) is 0 Å². The molecule has 5 nitrogen and oxygen atoms in total. The van der Waals surface area contributed by atoms with Crippen molar-refractivity contribution >= 4 is 17.4 Å². The lowest BCUT2D eigenvalue weighted by atomic mass is 10.2. The van der Waals surface area contributed by atoms with Crippen molar-refractivity contribution in [2.24, 2.45) is 0 Å². The molecular formula is C13H16ClN5. The molecule has 0 aliphatic heterocycles. The molecule has 100 valence electrons. The third kappa shape index (κ3) is 3.38. The lowest BCUT2D eigenvalue weighted by molar-refractivity contribution is 0.771. The summed E-state index contributed by atoms with van der Waals surface area (Å²) in [6, 6.07) is 1.86. The van der Waals surface area contributed by atoms with Crippen molar-refractivity contribution < 1.29 is 0 Å². The third-order valence-corrected chi connectivity index (χ3v) is 3.07. The van der Waals surface area contributed by atoms with Gasteiger partial charge in [0.1, 0.15) is 23.1 Å². The molecule has 2 heterocycles. The van der Waals surface area contributed by atoms with Crippen LogP contribution in [0.25, 0.3) is 0 Å². The second-order valence-corrected chi connectivity index (χ2v) is 4.91. The average molecular weight is 278 g/mol. The van der Waals surface area contributed by atoms with Crippen molar-refractivity contribution in [3.63, 3.8) is 0 Å². The fourth-order valence-electron chi connectivity index (χ4n) is 1.53. The van der Waals surface area contributed by atoms with Crippen LogP contribution in [-0.4, -0.2) is 19.9 Å². The second-order valence-electron chi connectivity index (χ2n) is 4.56. The van der Waals surface area contributed by atoms with Gasteiger partial charge in [-0.2, -0.15) is 0 Å². The summed E-state index contributed by atoms with van der Waals surface area (Å²) in [5.74, 6) is 1.72. The molecule has 1 N–H and O–H groups in total. The van der Waals surface area contributed by atoms with E-state index in [1.165, 1.54) is 6.33 Å². The highest BCUT2D eigenvalue weighted by atomic mass is 35.5. The molecule has 2 aromatic rings. The van der Waals surface area contributed by atoms with E-state index in [0.29, 0.717) is 11.7 Å². The maximum absolute atomic E-state index is 6.13. The second kappa shape index (κ2) is 5.93. The molecule has 0 amide bonds. The molecule has 0 aliphatic rings. The van der Waals surface area contributed by atoms with Crippen LogP contribution in [-0.2, 0) is 6.54 Å². The topological polar surface area (TPSA) is 63.6 Å². The summed E-state index contributed by atoms with van der Waals surface area (Å²) in [5, 5.41) is 3.73. The minimum absolute atomic E-state index is 0.234. The zero-order chi connectivity index (χ0) is 13.8. The van der Waals surface area contributed by atoms with Gasteiger partial charge in [0, 0.05) is 17.7 Å². The molecule has 0 aliphatic carbocycles. The number of rotatable bonds is 4. The van der Waals surface area contributed by atoms with Gasteiger partial charge in [-0.15, -0.1) is 0 Å². The van der Waals surface area contributed by atoms with E-state index in [1.54, 1.807) is 6.20 Å². The predicted molar refractivity (Wildman–Crippen MR) is 75.2 cm³/mol. The van der Waals surface area contributed by atoms with Crippen molar-refractivity contribution in [2.45, 2.75) is 33.2 Å². The molecule has 2 rings (SSSR count). The van der Waals surface area contributed by atoms with Gasteiger partial charge in [-0.05, 0) is 13.0 Å². The maximum Gasteiger partial charge on any atom is 0.137 e. The number of halogens is 1. The Morgan fingerprint density at radius 2 is 2.11 bits per heavy atom. The SMILES string of the molecule is Cc1c(Cl)nc(C(C)C)nc1NCc1ccncn1. The molecule has 0 saturated carbocycles. The van der Waals surface area contributed by atoms with Crippen molar-refractivity contribution in [1.82, 2.24) is 19.9 Å². The molecule has 19 heavy (non-hydrogen) atoms. The van der Waals surface area contributed by atoms with Crippen LogP contribution in [0.1, 0.15) is 36.8 Å². The molecule has 0 radical (unpaired) electrons. The summed E-state index contributed by atoms with van der Waals surface area (Å²) in [6.07, 6.45) is 3.24. The number of hydrogen-bond donors (Lipinski definition) is 1. The molecule has 2 aromatic heterocycles. The first-order chi connectivity index (χ1) is 9.08. The summed E-state index contributed by atoms with van der Waals surface area (Å²) < 4.78 is 0. The van der Waals surface area contributed by atoms with Gasteiger partial charge in [-0.1, -0.05) is 25.4 Å². The number of anilines is 1. The van der Waals surface area contributed by atoms with Gasteiger partial charge in [0.05, 0.1) is 12.2 Å². The Labute approximate surface area is 117 Å². The smallest absolute Gasteiger partial charge is 0.137 e. The van der Waals surface area contributed by atoms with Gasteiger partial charge in [0.15, 0.2) is 0 Å². The average Bonchev–Trinajstić information content (AvgIpc) is 2.41. The molecule has 0 unspecified atom stereocenters. The quantitative estimate of drug-likeness (QED) is 0.871. The lowest BCUT2D eigenvalue weighted by Gasteiger charge is -2.12.